The summed E-state index contributed by atoms with van der Waals surface area (Å²) in [4.78, 5) is 11.9. The van der Waals surface area contributed by atoms with Crippen LogP contribution in [-0.4, -0.2) is 16.9 Å². The molecule has 0 saturated carbocycles. The number of carbonyl (C=O) groups excluding carboxylic acids is 1. The van der Waals surface area contributed by atoms with Crippen LogP contribution in [0.1, 0.15) is 33.1 Å². The Hall–Kier alpha value is -1.16. The Labute approximate surface area is 114 Å². The molecule has 1 amide bonds. The summed E-state index contributed by atoms with van der Waals surface area (Å²) in [5, 5.41) is 2.83. The first-order valence-corrected chi connectivity index (χ1v) is 7.47. The summed E-state index contributed by atoms with van der Waals surface area (Å²) in [6, 6.07) is 7.33. The van der Waals surface area contributed by atoms with E-state index in [1.807, 2.05) is 25.1 Å². The van der Waals surface area contributed by atoms with Crippen molar-refractivity contribution in [3.8, 4) is 0 Å². The molecule has 1 rings (SSSR count). The summed E-state index contributed by atoms with van der Waals surface area (Å²) in [6.45, 7) is 4.12. The molecule has 0 aromatic heterocycles. The van der Waals surface area contributed by atoms with Gasteiger partial charge in [-0.05, 0) is 31.2 Å². The fraction of sp³-hybridized carbons (Fsp3) is 0.500. The van der Waals surface area contributed by atoms with Crippen molar-refractivity contribution in [2.45, 2.75) is 38.4 Å². The number of nitrogens with two attached hydrogens (primary N) is 1. The van der Waals surface area contributed by atoms with Gasteiger partial charge in [0.05, 0.1) is 16.6 Å². The quantitative estimate of drug-likeness (QED) is 0.586. The monoisotopic (exact) mass is 266 g/mol. The van der Waals surface area contributed by atoms with Crippen molar-refractivity contribution in [1.82, 2.24) is 0 Å². The first kappa shape index (κ1) is 14.9. The number of nitrogen functional groups attached to an aromatic ring is 1. The summed E-state index contributed by atoms with van der Waals surface area (Å²) >= 11 is 1.70. The van der Waals surface area contributed by atoms with E-state index < -0.39 is 0 Å². The molecule has 0 saturated heterocycles. The molecule has 3 N–H and O–H groups in total. The largest absolute Gasteiger partial charge is 0.397 e. The molecule has 0 heterocycles. The normalized spacial score (nSPS) is 12.1. The zero-order valence-electron chi connectivity index (χ0n) is 11.1. The molecule has 0 spiro atoms. The predicted octanol–water partition coefficient (Wildman–Crippen LogP) is 3.52. The van der Waals surface area contributed by atoms with E-state index >= 15 is 0 Å². The first-order valence-electron chi connectivity index (χ1n) is 6.42. The molecule has 3 nitrogen and oxygen atoms in total. The van der Waals surface area contributed by atoms with E-state index in [1.54, 1.807) is 17.8 Å². The number of para-hydroxylation sites is 2. The number of benzene rings is 1. The molecule has 0 aliphatic carbocycles. The van der Waals surface area contributed by atoms with Gasteiger partial charge in [-0.1, -0.05) is 31.9 Å². The summed E-state index contributed by atoms with van der Waals surface area (Å²) < 4.78 is 0. The minimum absolute atomic E-state index is 0.0226. The van der Waals surface area contributed by atoms with Gasteiger partial charge >= 0.3 is 0 Å². The molecule has 0 radical (unpaired) electrons. The van der Waals surface area contributed by atoms with Crippen molar-refractivity contribution in [2.75, 3.05) is 16.8 Å². The van der Waals surface area contributed by atoms with Crippen LogP contribution in [0.5, 0.6) is 0 Å². The van der Waals surface area contributed by atoms with E-state index in [2.05, 4.69) is 12.2 Å². The fourth-order valence-electron chi connectivity index (χ4n) is 1.53. The lowest BCUT2D eigenvalue weighted by molar-refractivity contribution is -0.115. The number of hydrogen-bond acceptors (Lipinski definition) is 3. The van der Waals surface area contributed by atoms with Crippen molar-refractivity contribution < 1.29 is 4.79 Å². The zero-order chi connectivity index (χ0) is 13.4. The summed E-state index contributed by atoms with van der Waals surface area (Å²) in [7, 11) is 0. The van der Waals surface area contributed by atoms with E-state index in [1.165, 1.54) is 19.3 Å². The maximum atomic E-state index is 11.9. The van der Waals surface area contributed by atoms with Crippen LogP contribution in [0.3, 0.4) is 0 Å². The van der Waals surface area contributed by atoms with Crippen LogP contribution in [0.4, 0.5) is 11.4 Å². The van der Waals surface area contributed by atoms with Crippen LogP contribution in [0, 0.1) is 0 Å². The number of unbranched alkanes of at least 4 members (excludes halogenated alkanes) is 2. The lowest BCUT2D eigenvalue weighted by Gasteiger charge is -2.13. The predicted molar refractivity (Wildman–Crippen MR) is 80.9 cm³/mol. The molecule has 0 fully saturated rings. The van der Waals surface area contributed by atoms with Crippen molar-refractivity contribution >= 4 is 29.0 Å². The highest BCUT2D eigenvalue weighted by Crippen LogP contribution is 2.20. The number of amides is 1. The number of carbonyl (C=O) groups is 1. The van der Waals surface area contributed by atoms with Crippen molar-refractivity contribution in [3.63, 3.8) is 0 Å². The van der Waals surface area contributed by atoms with Gasteiger partial charge in [-0.3, -0.25) is 4.79 Å². The Morgan fingerprint density at radius 3 is 2.78 bits per heavy atom. The highest BCUT2D eigenvalue weighted by atomic mass is 32.2. The van der Waals surface area contributed by atoms with Gasteiger partial charge in [0.2, 0.25) is 5.91 Å². The standard InChI is InChI=1S/C14H22N2OS/c1-3-4-7-10-18-11(2)14(17)16-13-9-6-5-8-12(13)15/h5-6,8-9,11H,3-4,7,10,15H2,1-2H3,(H,16,17). The molecule has 100 valence electrons. The molecule has 18 heavy (non-hydrogen) atoms. The summed E-state index contributed by atoms with van der Waals surface area (Å²) in [5.41, 5.74) is 7.09. The highest BCUT2D eigenvalue weighted by Gasteiger charge is 2.13. The lowest BCUT2D eigenvalue weighted by Crippen LogP contribution is -2.23. The van der Waals surface area contributed by atoms with Crippen molar-refractivity contribution in [3.05, 3.63) is 24.3 Å². The number of hydrogen-bond donors (Lipinski definition) is 2. The highest BCUT2D eigenvalue weighted by molar-refractivity contribution is 8.00. The van der Waals surface area contributed by atoms with Crippen molar-refractivity contribution in [1.29, 1.82) is 0 Å². The van der Waals surface area contributed by atoms with E-state index in [9.17, 15) is 4.79 Å². The maximum absolute atomic E-state index is 11.9. The van der Waals surface area contributed by atoms with Gasteiger partial charge in [0.15, 0.2) is 0 Å². The van der Waals surface area contributed by atoms with Crippen LogP contribution < -0.4 is 11.1 Å². The Morgan fingerprint density at radius 1 is 1.39 bits per heavy atom. The lowest BCUT2D eigenvalue weighted by atomic mass is 10.2. The van der Waals surface area contributed by atoms with E-state index in [0.29, 0.717) is 11.4 Å². The van der Waals surface area contributed by atoms with Crippen LogP contribution in [0.2, 0.25) is 0 Å². The molecule has 1 unspecified atom stereocenters. The number of anilines is 2. The molecular weight excluding hydrogens is 244 g/mol. The Morgan fingerprint density at radius 2 is 2.11 bits per heavy atom. The van der Waals surface area contributed by atoms with Gasteiger partial charge in [0, 0.05) is 0 Å². The molecule has 4 heteroatoms. The van der Waals surface area contributed by atoms with Gasteiger partial charge in [0.25, 0.3) is 0 Å². The summed E-state index contributed by atoms with van der Waals surface area (Å²) in [6.07, 6.45) is 3.61. The van der Waals surface area contributed by atoms with Crippen LogP contribution in [-0.2, 0) is 4.79 Å². The molecule has 1 aromatic rings. The Bertz CT molecular complexity index is 382. The minimum atomic E-state index is -0.0403. The van der Waals surface area contributed by atoms with Crippen molar-refractivity contribution in [2.24, 2.45) is 0 Å². The van der Waals surface area contributed by atoms with Gasteiger partial charge in [-0.2, -0.15) is 0 Å². The second-order valence-corrected chi connectivity index (χ2v) is 5.75. The van der Waals surface area contributed by atoms with Gasteiger partial charge in [0.1, 0.15) is 0 Å². The van der Waals surface area contributed by atoms with Crippen LogP contribution in [0.15, 0.2) is 24.3 Å². The molecule has 0 aliphatic heterocycles. The van der Waals surface area contributed by atoms with Crippen LogP contribution in [0.25, 0.3) is 0 Å². The number of thioether (sulfide) groups is 1. The Balaban J connectivity index is 2.38. The van der Waals surface area contributed by atoms with E-state index in [0.717, 1.165) is 5.75 Å². The number of nitrogens with one attached hydrogen (secondary N) is 1. The topological polar surface area (TPSA) is 55.1 Å². The average molecular weight is 266 g/mol. The van der Waals surface area contributed by atoms with E-state index in [-0.39, 0.29) is 11.2 Å². The molecule has 0 bridgehead atoms. The SMILES string of the molecule is CCCCCSC(C)C(=O)Nc1ccccc1N. The third kappa shape index (κ3) is 5.00. The number of rotatable bonds is 7. The van der Waals surface area contributed by atoms with Gasteiger partial charge in [-0.15, -0.1) is 11.8 Å². The Kier molecular flexibility index (Phi) is 6.65. The molecule has 1 atom stereocenters. The fourth-order valence-corrected chi connectivity index (χ4v) is 2.47. The smallest absolute Gasteiger partial charge is 0.237 e. The van der Waals surface area contributed by atoms with Gasteiger partial charge in [-0.25, -0.2) is 0 Å². The first-order chi connectivity index (χ1) is 8.65. The molecule has 0 aliphatic rings. The average Bonchev–Trinajstić information content (AvgIpc) is 2.37. The minimum Gasteiger partial charge on any atom is -0.397 e. The third-order valence-electron chi connectivity index (χ3n) is 2.70. The third-order valence-corrected chi connectivity index (χ3v) is 3.94. The van der Waals surface area contributed by atoms with Crippen LogP contribution >= 0.6 is 11.8 Å². The second-order valence-electron chi connectivity index (χ2n) is 4.30. The molecular formula is C14H22N2OS. The molecule has 1 aromatic carbocycles. The second kappa shape index (κ2) is 8.03. The summed E-state index contributed by atoms with van der Waals surface area (Å²) in [5.74, 6) is 1.06. The van der Waals surface area contributed by atoms with Gasteiger partial charge < -0.3 is 11.1 Å². The maximum Gasteiger partial charge on any atom is 0.237 e. The van der Waals surface area contributed by atoms with E-state index in [4.69, 9.17) is 5.73 Å². The zero-order valence-corrected chi connectivity index (χ0v) is 11.9.